The van der Waals surface area contributed by atoms with Crippen molar-refractivity contribution in [3.8, 4) is 0 Å². The zero-order chi connectivity index (χ0) is 14.3. The summed E-state index contributed by atoms with van der Waals surface area (Å²) in [6, 6.07) is 4.55. The van der Waals surface area contributed by atoms with Gasteiger partial charge in [-0.15, -0.1) is 0 Å². The van der Waals surface area contributed by atoms with Crippen LogP contribution in [0, 0.1) is 0 Å². The second kappa shape index (κ2) is 4.81. The van der Waals surface area contributed by atoms with Crippen molar-refractivity contribution in [3.05, 3.63) is 35.6 Å². The molecule has 0 saturated carbocycles. The normalized spacial score (nSPS) is 24.2. The minimum Gasteiger partial charge on any atom is -0.464 e. The largest absolute Gasteiger partial charge is 0.464 e. The number of nitrogens with one attached hydrogen (secondary N) is 1. The highest BCUT2D eigenvalue weighted by atomic mass is 19.4. The fourth-order valence-electron chi connectivity index (χ4n) is 3.07. The lowest BCUT2D eigenvalue weighted by Gasteiger charge is -2.28. The van der Waals surface area contributed by atoms with Crippen LogP contribution in [0.2, 0.25) is 0 Å². The van der Waals surface area contributed by atoms with E-state index in [2.05, 4.69) is 12.2 Å². The summed E-state index contributed by atoms with van der Waals surface area (Å²) in [5.41, 5.74) is 0.664. The summed E-state index contributed by atoms with van der Waals surface area (Å²) < 4.78 is 44.3. The molecule has 1 aromatic heterocycles. The van der Waals surface area contributed by atoms with Crippen LogP contribution in [0.4, 0.5) is 13.2 Å². The van der Waals surface area contributed by atoms with Crippen molar-refractivity contribution >= 4 is 11.0 Å². The molecule has 3 rings (SSSR count). The van der Waals surface area contributed by atoms with Gasteiger partial charge in [-0.05, 0) is 49.9 Å². The molecule has 1 N–H and O–H groups in total. The summed E-state index contributed by atoms with van der Waals surface area (Å²) >= 11 is 0. The molecule has 0 spiro atoms. The average molecular weight is 283 g/mol. The first-order valence-corrected chi connectivity index (χ1v) is 6.77. The number of benzene rings is 1. The number of furan rings is 1. The van der Waals surface area contributed by atoms with Gasteiger partial charge in [0.2, 0.25) is 0 Å². The van der Waals surface area contributed by atoms with Crippen molar-refractivity contribution in [1.82, 2.24) is 5.32 Å². The van der Waals surface area contributed by atoms with E-state index in [1.165, 1.54) is 18.4 Å². The van der Waals surface area contributed by atoms with Gasteiger partial charge in [-0.3, -0.25) is 0 Å². The van der Waals surface area contributed by atoms with E-state index in [-0.39, 0.29) is 11.3 Å². The topological polar surface area (TPSA) is 25.2 Å². The number of piperidine rings is 1. The van der Waals surface area contributed by atoms with Gasteiger partial charge in [-0.2, -0.15) is 13.2 Å². The molecule has 5 heteroatoms. The third-order valence-electron chi connectivity index (χ3n) is 4.02. The van der Waals surface area contributed by atoms with E-state index in [1.54, 1.807) is 6.07 Å². The summed E-state index contributed by atoms with van der Waals surface area (Å²) in [6.45, 7) is 2.98. The monoisotopic (exact) mass is 283 g/mol. The maximum atomic E-state index is 13.0. The highest BCUT2D eigenvalue weighted by molar-refractivity contribution is 5.85. The van der Waals surface area contributed by atoms with Crippen molar-refractivity contribution in [3.63, 3.8) is 0 Å². The summed E-state index contributed by atoms with van der Waals surface area (Å²) in [4.78, 5) is 0. The van der Waals surface area contributed by atoms with Gasteiger partial charge in [-0.25, -0.2) is 0 Å². The van der Waals surface area contributed by atoms with Gasteiger partial charge >= 0.3 is 6.18 Å². The molecular weight excluding hydrogens is 267 g/mol. The molecule has 0 bridgehead atoms. The Morgan fingerprint density at radius 3 is 2.75 bits per heavy atom. The number of hydrogen-bond acceptors (Lipinski definition) is 2. The molecule has 0 aliphatic carbocycles. The van der Waals surface area contributed by atoms with E-state index in [4.69, 9.17) is 4.42 Å². The van der Waals surface area contributed by atoms with Crippen LogP contribution in [-0.4, -0.2) is 12.6 Å². The predicted octanol–water partition coefficient (Wildman–Crippen LogP) is 4.31. The van der Waals surface area contributed by atoms with Gasteiger partial charge in [0.15, 0.2) is 0 Å². The van der Waals surface area contributed by atoms with Crippen LogP contribution in [0.25, 0.3) is 11.0 Å². The van der Waals surface area contributed by atoms with Gasteiger partial charge in [-0.1, -0.05) is 6.07 Å². The molecule has 1 aliphatic heterocycles. The highest BCUT2D eigenvalue weighted by Gasteiger charge is 2.34. The Morgan fingerprint density at radius 2 is 2.05 bits per heavy atom. The molecule has 108 valence electrons. The molecule has 1 aliphatic rings. The highest BCUT2D eigenvalue weighted by Crippen LogP contribution is 2.40. The lowest BCUT2D eigenvalue weighted by molar-refractivity contribution is -0.136. The molecule has 2 atom stereocenters. The third-order valence-corrected chi connectivity index (χ3v) is 4.02. The Hall–Kier alpha value is -1.49. The van der Waals surface area contributed by atoms with Crippen molar-refractivity contribution in [2.45, 2.75) is 37.9 Å². The Morgan fingerprint density at radius 1 is 1.25 bits per heavy atom. The van der Waals surface area contributed by atoms with Crippen molar-refractivity contribution in [2.24, 2.45) is 0 Å². The van der Waals surface area contributed by atoms with Crippen molar-refractivity contribution in [1.29, 1.82) is 0 Å². The lowest BCUT2D eigenvalue weighted by atomic mass is 9.85. The van der Waals surface area contributed by atoms with E-state index >= 15 is 0 Å². The van der Waals surface area contributed by atoms with E-state index < -0.39 is 11.7 Å². The fourth-order valence-corrected chi connectivity index (χ4v) is 3.07. The number of halogens is 3. The molecule has 1 saturated heterocycles. The number of rotatable bonds is 1. The minimum atomic E-state index is -4.35. The van der Waals surface area contributed by atoms with Crippen molar-refractivity contribution in [2.75, 3.05) is 6.54 Å². The van der Waals surface area contributed by atoms with E-state index in [9.17, 15) is 13.2 Å². The number of hydrogen-bond donors (Lipinski definition) is 1. The Labute approximate surface area is 115 Å². The molecule has 1 fully saturated rings. The van der Waals surface area contributed by atoms with Crippen LogP contribution in [0.1, 0.15) is 36.8 Å². The lowest BCUT2D eigenvalue weighted by Crippen LogP contribution is -2.34. The first-order valence-electron chi connectivity index (χ1n) is 6.77. The maximum absolute atomic E-state index is 13.0. The molecule has 2 heterocycles. The predicted molar refractivity (Wildman–Crippen MR) is 70.7 cm³/mol. The third kappa shape index (κ3) is 2.30. The van der Waals surface area contributed by atoms with Crippen LogP contribution in [0.5, 0.6) is 0 Å². The van der Waals surface area contributed by atoms with Crippen LogP contribution >= 0.6 is 0 Å². The Kier molecular flexibility index (Phi) is 3.24. The quantitative estimate of drug-likeness (QED) is 0.843. The van der Waals surface area contributed by atoms with Gasteiger partial charge in [0, 0.05) is 11.4 Å². The fraction of sp³-hybridized carbons (Fsp3) is 0.467. The maximum Gasteiger partial charge on any atom is 0.417 e. The van der Waals surface area contributed by atoms with Gasteiger partial charge < -0.3 is 9.73 Å². The first-order chi connectivity index (χ1) is 9.47. The Bertz CT molecular complexity index is 617. The van der Waals surface area contributed by atoms with Gasteiger partial charge in [0.1, 0.15) is 5.58 Å². The molecule has 0 amide bonds. The van der Waals surface area contributed by atoms with E-state index in [0.717, 1.165) is 24.9 Å². The average Bonchev–Trinajstić information content (AvgIpc) is 2.85. The van der Waals surface area contributed by atoms with Crippen LogP contribution in [0.15, 0.2) is 28.9 Å². The van der Waals surface area contributed by atoms with Gasteiger partial charge in [0.25, 0.3) is 0 Å². The zero-order valence-electron chi connectivity index (χ0n) is 11.1. The Balaban J connectivity index is 2.07. The number of alkyl halides is 3. The minimum absolute atomic E-state index is 0.168. The van der Waals surface area contributed by atoms with Crippen LogP contribution < -0.4 is 5.32 Å². The molecular formula is C15H16F3NO. The first kappa shape index (κ1) is 13.5. The van der Waals surface area contributed by atoms with Crippen LogP contribution in [0.3, 0.4) is 0 Å². The summed E-state index contributed by atoms with van der Waals surface area (Å²) in [7, 11) is 0. The molecule has 2 aromatic rings. The van der Waals surface area contributed by atoms with E-state index in [0.29, 0.717) is 11.6 Å². The smallest absolute Gasteiger partial charge is 0.417 e. The molecule has 0 radical (unpaired) electrons. The summed E-state index contributed by atoms with van der Waals surface area (Å²) in [5, 5.41) is 3.52. The standard InChI is InChI=1S/C15H16F3NO/c1-9-8-10(4-6-19-9)11-2-3-13(15(16,17)18)12-5-7-20-14(11)12/h2-3,5,7,9-10,19H,4,6,8H2,1H3/t9-,10-/m0/s1. The van der Waals surface area contributed by atoms with Crippen LogP contribution in [-0.2, 0) is 6.18 Å². The van der Waals surface area contributed by atoms with Crippen molar-refractivity contribution < 1.29 is 17.6 Å². The summed E-state index contributed by atoms with van der Waals surface area (Å²) in [6.07, 6.45) is -1.16. The number of fused-ring (bicyclic) bond motifs is 1. The molecule has 1 aromatic carbocycles. The summed E-state index contributed by atoms with van der Waals surface area (Å²) in [5.74, 6) is 0.252. The SMILES string of the molecule is C[C@H]1C[C@@H](c2ccc(C(F)(F)F)c3ccoc23)CCN1. The molecule has 20 heavy (non-hydrogen) atoms. The van der Waals surface area contributed by atoms with Gasteiger partial charge in [0.05, 0.1) is 11.8 Å². The second-order valence-electron chi connectivity index (χ2n) is 5.44. The molecule has 0 unspecified atom stereocenters. The second-order valence-corrected chi connectivity index (χ2v) is 5.44. The van der Waals surface area contributed by atoms with E-state index in [1.807, 2.05) is 0 Å². The molecule has 2 nitrogen and oxygen atoms in total. The zero-order valence-corrected chi connectivity index (χ0v) is 11.1.